The SMILES string of the molecule is COc1ccc(C(=O)NCc2cscc2C)cc1Br. The van der Waals surface area contributed by atoms with Gasteiger partial charge in [0.05, 0.1) is 11.6 Å². The number of aryl methyl sites for hydroxylation is 1. The van der Waals surface area contributed by atoms with Gasteiger partial charge in [0.2, 0.25) is 0 Å². The number of rotatable bonds is 4. The summed E-state index contributed by atoms with van der Waals surface area (Å²) in [6.07, 6.45) is 0. The van der Waals surface area contributed by atoms with Crippen molar-refractivity contribution in [2.45, 2.75) is 13.5 Å². The highest BCUT2D eigenvalue weighted by atomic mass is 79.9. The summed E-state index contributed by atoms with van der Waals surface area (Å²) < 4.78 is 5.91. The first-order valence-electron chi connectivity index (χ1n) is 5.75. The second-order valence-corrected chi connectivity index (χ2v) is 5.71. The van der Waals surface area contributed by atoms with Crippen LogP contribution in [0.15, 0.2) is 33.4 Å². The van der Waals surface area contributed by atoms with Crippen LogP contribution in [-0.2, 0) is 6.54 Å². The molecule has 0 unspecified atom stereocenters. The van der Waals surface area contributed by atoms with Gasteiger partial charge in [0, 0.05) is 12.1 Å². The van der Waals surface area contributed by atoms with Crippen LogP contribution in [0.1, 0.15) is 21.5 Å². The van der Waals surface area contributed by atoms with Crippen LogP contribution in [0, 0.1) is 6.92 Å². The Bertz CT molecular complexity index is 595. The number of ether oxygens (including phenoxy) is 1. The molecule has 0 spiro atoms. The van der Waals surface area contributed by atoms with Crippen LogP contribution >= 0.6 is 27.3 Å². The molecular formula is C14H14BrNO2S. The quantitative estimate of drug-likeness (QED) is 0.920. The molecule has 0 radical (unpaired) electrons. The average molecular weight is 340 g/mol. The Labute approximate surface area is 124 Å². The molecule has 1 heterocycles. The van der Waals surface area contributed by atoms with Gasteiger partial charge in [-0.3, -0.25) is 4.79 Å². The summed E-state index contributed by atoms with van der Waals surface area (Å²) in [5.41, 5.74) is 2.98. The molecule has 100 valence electrons. The predicted molar refractivity (Wildman–Crippen MR) is 80.9 cm³/mol. The van der Waals surface area contributed by atoms with Crippen LogP contribution in [0.4, 0.5) is 0 Å². The maximum absolute atomic E-state index is 12.0. The number of nitrogens with one attached hydrogen (secondary N) is 1. The molecule has 0 fully saturated rings. The lowest BCUT2D eigenvalue weighted by molar-refractivity contribution is 0.0951. The van der Waals surface area contributed by atoms with Crippen LogP contribution in [0.2, 0.25) is 0 Å². The Kier molecular flexibility index (Phi) is 4.61. The third kappa shape index (κ3) is 3.36. The van der Waals surface area contributed by atoms with Gasteiger partial charge < -0.3 is 10.1 Å². The molecule has 0 saturated carbocycles. The summed E-state index contributed by atoms with van der Waals surface area (Å²) in [6, 6.07) is 5.28. The summed E-state index contributed by atoms with van der Waals surface area (Å²) in [5, 5.41) is 7.04. The second kappa shape index (κ2) is 6.21. The van der Waals surface area contributed by atoms with Crippen molar-refractivity contribution in [3.63, 3.8) is 0 Å². The van der Waals surface area contributed by atoms with Crippen molar-refractivity contribution in [3.05, 3.63) is 50.1 Å². The van der Waals surface area contributed by atoms with Gasteiger partial charge in [0.25, 0.3) is 5.91 Å². The van der Waals surface area contributed by atoms with E-state index in [0.717, 1.165) is 10.0 Å². The second-order valence-electron chi connectivity index (χ2n) is 4.11. The Morgan fingerprint density at radius 1 is 1.42 bits per heavy atom. The van der Waals surface area contributed by atoms with Crippen LogP contribution in [0.5, 0.6) is 5.75 Å². The van der Waals surface area contributed by atoms with Gasteiger partial charge in [-0.2, -0.15) is 11.3 Å². The van der Waals surface area contributed by atoms with Gasteiger partial charge in [0.1, 0.15) is 5.75 Å². The lowest BCUT2D eigenvalue weighted by Crippen LogP contribution is -2.22. The fourth-order valence-corrected chi connectivity index (χ4v) is 3.05. The maximum Gasteiger partial charge on any atom is 0.251 e. The highest BCUT2D eigenvalue weighted by Gasteiger charge is 2.09. The number of benzene rings is 1. The van der Waals surface area contributed by atoms with Crippen LogP contribution in [-0.4, -0.2) is 13.0 Å². The van der Waals surface area contributed by atoms with E-state index in [1.54, 1.807) is 36.6 Å². The number of halogens is 1. The van der Waals surface area contributed by atoms with Crippen molar-refractivity contribution in [2.24, 2.45) is 0 Å². The van der Waals surface area contributed by atoms with Crippen LogP contribution in [0.25, 0.3) is 0 Å². The minimum Gasteiger partial charge on any atom is -0.496 e. The summed E-state index contributed by atoms with van der Waals surface area (Å²) in [7, 11) is 1.60. The standard InChI is InChI=1S/C14H14BrNO2S/c1-9-7-19-8-11(9)6-16-14(17)10-3-4-13(18-2)12(15)5-10/h3-5,7-8H,6H2,1-2H3,(H,16,17). The summed E-state index contributed by atoms with van der Waals surface area (Å²) in [6.45, 7) is 2.60. The van der Waals surface area contributed by atoms with E-state index in [2.05, 4.69) is 32.0 Å². The lowest BCUT2D eigenvalue weighted by atomic mass is 10.2. The summed E-state index contributed by atoms with van der Waals surface area (Å²) in [4.78, 5) is 12.0. The Hall–Kier alpha value is -1.33. The molecule has 2 rings (SSSR count). The number of thiophene rings is 1. The van der Waals surface area contributed by atoms with Crippen LogP contribution < -0.4 is 10.1 Å². The largest absolute Gasteiger partial charge is 0.496 e. The average Bonchev–Trinajstić information content (AvgIpc) is 2.81. The Morgan fingerprint density at radius 3 is 2.79 bits per heavy atom. The molecule has 0 atom stereocenters. The van der Waals surface area contributed by atoms with Crippen LogP contribution in [0.3, 0.4) is 0 Å². The molecule has 0 bridgehead atoms. The van der Waals surface area contributed by atoms with Gasteiger partial charge in [-0.25, -0.2) is 0 Å². The number of carbonyl (C=O) groups excluding carboxylic acids is 1. The van der Waals surface area contributed by atoms with Gasteiger partial charge in [-0.15, -0.1) is 0 Å². The minimum absolute atomic E-state index is 0.0889. The molecule has 1 aromatic heterocycles. The molecule has 0 aliphatic rings. The van der Waals surface area contributed by atoms with Crippen molar-refractivity contribution in [1.82, 2.24) is 5.32 Å². The molecule has 0 saturated heterocycles. The van der Waals surface area contributed by atoms with Crippen molar-refractivity contribution in [3.8, 4) is 5.75 Å². The van der Waals surface area contributed by atoms with E-state index in [1.807, 2.05) is 6.92 Å². The maximum atomic E-state index is 12.0. The Balaban J connectivity index is 2.04. The van der Waals surface area contributed by atoms with E-state index in [4.69, 9.17) is 4.74 Å². The molecule has 5 heteroatoms. The van der Waals surface area contributed by atoms with E-state index in [1.165, 1.54) is 5.56 Å². The van der Waals surface area contributed by atoms with E-state index in [9.17, 15) is 4.79 Å². The molecule has 2 aromatic rings. The highest BCUT2D eigenvalue weighted by molar-refractivity contribution is 9.10. The van der Waals surface area contributed by atoms with Gasteiger partial charge in [0.15, 0.2) is 0 Å². The molecule has 19 heavy (non-hydrogen) atoms. The summed E-state index contributed by atoms with van der Waals surface area (Å²) in [5.74, 6) is 0.624. The number of methoxy groups -OCH3 is 1. The van der Waals surface area contributed by atoms with Crippen molar-refractivity contribution >= 4 is 33.2 Å². The minimum atomic E-state index is -0.0889. The smallest absolute Gasteiger partial charge is 0.251 e. The fraction of sp³-hybridized carbons (Fsp3) is 0.214. The molecule has 3 nitrogen and oxygen atoms in total. The first kappa shape index (κ1) is 14.1. The molecule has 1 amide bonds. The highest BCUT2D eigenvalue weighted by Crippen LogP contribution is 2.25. The number of amides is 1. The zero-order valence-corrected chi connectivity index (χ0v) is 13.1. The topological polar surface area (TPSA) is 38.3 Å². The number of hydrogen-bond donors (Lipinski definition) is 1. The number of carbonyl (C=O) groups is 1. The Morgan fingerprint density at radius 2 is 2.21 bits per heavy atom. The van der Waals surface area contributed by atoms with Crippen molar-refractivity contribution < 1.29 is 9.53 Å². The van der Waals surface area contributed by atoms with Crippen molar-refractivity contribution in [1.29, 1.82) is 0 Å². The molecule has 1 N–H and O–H groups in total. The summed E-state index contributed by atoms with van der Waals surface area (Å²) >= 11 is 5.02. The zero-order chi connectivity index (χ0) is 13.8. The third-order valence-corrected chi connectivity index (χ3v) is 4.34. The van der Waals surface area contributed by atoms with E-state index < -0.39 is 0 Å². The molecule has 1 aromatic carbocycles. The zero-order valence-electron chi connectivity index (χ0n) is 10.7. The fourth-order valence-electron chi connectivity index (χ4n) is 1.65. The van der Waals surface area contributed by atoms with Crippen molar-refractivity contribution in [2.75, 3.05) is 7.11 Å². The third-order valence-electron chi connectivity index (χ3n) is 2.82. The predicted octanol–water partition coefficient (Wildman–Crippen LogP) is 3.76. The molecule has 0 aliphatic heterocycles. The first-order valence-corrected chi connectivity index (χ1v) is 7.49. The van der Waals surface area contributed by atoms with E-state index in [-0.39, 0.29) is 5.91 Å². The van der Waals surface area contributed by atoms with Gasteiger partial charge in [-0.05, 0) is 62.9 Å². The molecule has 0 aliphatic carbocycles. The van der Waals surface area contributed by atoms with E-state index in [0.29, 0.717) is 17.9 Å². The normalized spacial score (nSPS) is 10.3. The van der Waals surface area contributed by atoms with Gasteiger partial charge >= 0.3 is 0 Å². The first-order chi connectivity index (χ1) is 9.11. The monoisotopic (exact) mass is 339 g/mol. The van der Waals surface area contributed by atoms with Gasteiger partial charge in [-0.1, -0.05) is 0 Å². The van der Waals surface area contributed by atoms with E-state index >= 15 is 0 Å². The molecular weight excluding hydrogens is 326 g/mol. The number of hydrogen-bond acceptors (Lipinski definition) is 3. The lowest BCUT2D eigenvalue weighted by Gasteiger charge is -2.07.